The smallest absolute Gasteiger partial charge is 0.120 e. The molecule has 1 heterocycles. The van der Waals surface area contributed by atoms with Gasteiger partial charge in [0.25, 0.3) is 0 Å². The molecule has 1 aromatic rings. The van der Waals surface area contributed by atoms with Gasteiger partial charge in [-0.25, -0.2) is 0 Å². The minimum atomic E-state index is 0.316. The van der Waals surface area contributed by atoms with E-state index in [0.717, 1.165) is 18.1 Å². The standard InChI is InChI=1S/C11H19NO/c1-8(2)7-12-10(4)11-6-5-9(3)13-11/h5-6,8,10,12H,7H2,1-4H3/t10-/m1/s1. The highest BCUT2D eigenvalue weighted by Gasteiger charge is 2.08. The third kappa shape index (κ3) is 3.23. The van der Waals surface area contributed by atoms with E-state index in [1.165, 1.54) is 0 Å². The SMILES string of the molecule is Cc1ccc([C@@H](C)NCC(C)C)o1. The molecule has 1 aromatic heterocycles. The maximum atomic E-state index is 5.52. The molecule has 0 saturated carbocycles. The number of rotatable bonds is 4. The van der Waals surface area contributed by atoms with Gasteiger partial charge in [0.15, 0.2) is 0 Å². The molecular formula is C11H19NO. The fourth-order valence-electron chi connectivity index (χ4n) is 1.20. The largest absolute Gasteiger partial charge is 0.465 e. The zero-order chi connectivity index (χ0) is 9.84. The van der Waals surface area contributed by atoms with Gasteiger partial charge in [-0.2, -0.15) is 0 Å². The Kier molecular flexibility index (Phi) is 3.55. The van der Waals surface area contributed by atoms with E-state index in [1.807, 2.05) is 19.1 Å². The van der Waals surface area contributed by atoms with Crippen LogP contribution >= 0.6 is 0 Å². The summed E-state index contributed by atoms with van der Waals surface area (Å²) in [5.41, 5.74) is 0. The predicted octanol–water partition coefficient (Wildman–Crippen LogP) is 2.89. The first-order chi connectivity index (χ1) is 6.09. The van der Waals surface area contributed by atoms with Crippen LogP contribution < -0.4 is 5.32 Å². The van der Waals surface area contributed by atoms with Crippen LogP contribution in [0, 0.1) is 12.8 Å². The summed E-state index contributed by atoms with van der Waals surface area (Å²) in [5, 5.41) is 3.42. The van der Waals surface area contributed by atoms with Crippen molar-refractivity contribution in [2.24, 2.45) is 5.92 Å². The summed E-state index contributed by atoms with van der Waals surface area (Å²) in [7, 11) is 0. The maximum Gasteiger partial charge on any atom is 0.120 e. The molecule has 0 fully saturated rings. The van der Waals surface area contributed by atoms with E-state index in [0.29, 0.717) is 12.0 Å². The summed E-state index contributed by atoms with van der Waals surface area (Å²) in [6, 6.07) is 4.35. The van der Waals surface area contributed by atoms with Crippen molar-refractivity contribution < 1.29 is 4.42 Å². The Balaban J connectivity index is 2.44. The average Bonchev–Trinajstić information content (AvgIpc) is 2.47. The zero-order valence-corrected chi connectivity index (χ0v) is 8.92. The van der Waals surface area contributed by atoms with Gasteiger partial charge in [0, 0.05) is 0 Å². The Hall–Kier alpha value is -0.760. The Labute approximate surface area is 80.3 Å². The van der Waals surface area contributed by atoms with Crippen LogP contribution in [0.15, 0.2) is 16.5 Å². The molecule has 0 radical (unpaired) electrons. The van der Waals surface area contributed by atoms with E-state index >= 15 is 0 Å². The predicted molar refractivity (Wildman–Crippen MR) is 54.7 cm³/mol. The first-order valence-electron chi connectivity index (χ1n) is 4.89. The fourth-order valence-corrected chi connectivity index (χ4v) is 1.20. The highest BCUT2D eigenvalue weighted by Crippen LogP contribution is 2.15. The maximum absolute atomic E-state index is 5.52. The second kappa shape index (κ2) is 4.47. The van der Waals surface area contributed by atoms with Crippen molar-refractivity contribution in [3.63, 3.8) is 0 Å². The number of furan rings is 1. The zero-order valence-electron chi connectivity index (χ0n) is 8.92. The lowest BCUT2D eigenvalue weighted by Crippen LogP contribution is -2.22. The lowest BCUT2D eigenvalue weighted by Gasteiger charge is -2.12. The van der Waals surface area contributed by atoms with Gasteiger partial charge in [-0.05, 0) is 38.4 Å². The van der Waals surface area contributed by atoms with E-state index in [1.54, 1.807) is 0 Å². The molecule has 0 aromatic carbocycles. The molecule has 0 unspecified atom stereocenters. The number of hydrogen-bond acceptors (Lipinski definition) is 2. The van der Waals surface area contributed by atoms with Gasteiger partial charge in [0.1, 0.15) is 11.5 Å². The van der Waals surface area contributed by atoms with Crippen LogP contribution in [0.5, 0.6) is 0 Å². The van der Waals surface area contributed by atoms with E-state index < -0.39 is 0 Å². The molecule has 0 aliphatic carbocycles. The molecule has 13 heavy (non-hydrogen) atoms. The van der Waals surface area contributed by atoms with E-state index in [2.05, 4.69) is 26.1 Å². The van der Waals surface area contributed by atoms with Crippen molar-refractivity contribution in [2.75, 3.05) is 6.54 Å². The minimum Gasteiger partial charge on any atom is -0.465 e. The van der Waals surface area contributed by atoms with Crippen LogP contribution in [0.3, 0.4) is 0 Å². The van der Waals surface area contributed by atoms with Crippen LogP contribution in [-0.2, 0) is 0 Å². The van der Waals surface area contributed by atoms with Crippen molar-refractivity contribution >= 4 is 0 Å². The Morgan fingerprint density at radius 1 is 1.31 bits per heavy atom. The van der Waals surface area contributed by atoms with Crippen molar-refractivity contribution in [1.29, 1.82) is 0 Å². The molecule has 0 saturated heterocycles. The molecule has 1 rings (SSSR count). The molecule has 0 amide bonds. The van der Waals surface area contributed by atoms with Crippen molar-refractivity contribution in [3.8, 4) is 0 Å². The monoisotopic (exact) mass is 181 g/mol. The van der Waals surface area contributed by atoms with Gasteiger partial charge >= 0.3 is 0 Å². The number of aryl methyl sites for hydroxylation is 1. The first-order valence-corrected chi connectivity index (χ1v) is 4.89. The quantitative estimate of drug-likeness (QED) is 0.772. The lowest BCUT2D eigenvalue weighted by atomic mass is 10.2. The van der Waals surface area contributed by atoms with Gasteiger partial charge in [-0.15, -0.1) is 0 Å². The van der Waals surface area contributed by atoms with Crippen LogP contribution in [0.25, 0.3) is 0 Å². The molecular weight excluding hydrogens is 162 g/mol. The molecule has 2 heteroatoms. The summed E-state index contributed by atoms with van der Waals surface area (Å²) in [4.78, 5) is 0. The van der Waals surface area contributed by atoms with E-state index in [9.17, 15) is 0 Å². The third-order valence-corrected chi connectivity index (χ3v) is 2.02. The Morgan fingerprint density at radius 3 is 2.46 bits per heavy atom. The third-order valence-electron chi connectivity index (χ3n) is 2.02. The summed E-state index contributed by atoms with van der Waals surface area (Å²) < 4.78 is 5.52. The molecule has 0 aliphatic heterocycles. The van der Waals surface area contributed by atoms with E-state index in [4.69, 9.17) is 4.42 Å². The average molecular weight is 181 g/mol. The van der Waals surface area contributed by atoms with Crippen molar-refractivity contribution in [3.05, 3.63) is 23.7 Å². The second-order valence-corrected chi connectivity index (χ2v) is 3.97. The van der Waals surface area contributed by atoms with Gasteiger partial charge in [0.05, 0.1) is 6.04 Å². The minimum absolute atomic E-state index is 0.316. The van der Waals surface area contributed by atoms with Crippen LogP contribution in [0.1, 0.15) is 38.3 Å². The van der Waals surface area contributed by atoms with Crippen LogP contribution in [-0.4, -0.2) is 6.54 Å². The Morgan fingerprint density at radius 2 is 2.00 bits per heavy atom. The molecule has 1 atom stereocenters. The van der Waals surface area contributed by atoms with Crippen molar-refractivity contribution in [1.82, 2.24) is 5.32 Å². The molecule has 0 spiro atoms. The van der Waals surface area contributed by atoms with Gasteiger partial charge in [-0.1, -0.05) is 13.8 Å². The van der Waals surface area contributed by atoms with Crippen LogP contribution in [0.4, 0.5) is 0 Å². The van der Waals surface area contributed by atoms with Crippen LogP contribution in [0.2, 0.25) is 0 Å². The van der Waals surface area contributed by atoms with Gasteiger partial charge in [0.2, 0.25) is 0 Å². The second-order valence-electron chi connectivity index (χ2n) is 3.97. The fraction of sp³-hybridized carbons (Fsp3) is 0.636. The highest BCUT2D eigenvalue weighted by molar-refractivity contribution is 5.08. The molecule has 1 N–H and O–H groups in total. The Bertz CT molecular complexity index is 252. The normalized spacial score (nSPS) is 13.6. The first kappa shape index (κ1) is 10.3. The summed E-state index contributed by atoms with van der Waals surface area (Å²) in [6.07, 6.45) is 0. The highest BCUT2D eigenvalue weighted by atomic mass is 16.3. The number of hydrogen-bond donors (Lipinski definition) is 1. The molecule has 2 nitrogen and oxygen atoms in total. The summed E-state index contributed by atoms with van der Waals surface area (Å²) in [5.74, 6) is 2.69. The lowest BCUT2D eigenvalue weighted by molar-refractivity contribution is 0.401. The van der Waals surface area contributed by atoms with Crippen molar-refractivity contribution in [2.45, 2.75) is 33.7 Å². The number of nitrogens with one attached hydrogen (secondary N) is 1. The van der Waals surface area contributed by atoms with Gasteiger partial charge < -0.3 is 9.73 Å². The molecule has 74 valence electrons. The van der Waals surface area contributed by atoms with Gasteiger partial charge in [-0.3, -0.25) is 0 Å². The molecule has 0 aliphatic rings. The summed E-state index contributed by atoms with van der Waals surface area (Å²) >= 11 is 0. The topological polar surface area (TPSA) is 25.2 Å². The van der Waals surface area contributed by atoms with E-state index in [-0.39, 0.29) is 0 Å². The molecule has 0 bridgehead atoms. The summed E-state index contributed by atoms with van der Waals surface area (Å²) in [6.45, 7) is 9.53.